The molecule has 2 aromatic heterocycles. The fourth-order valence-corrected chi connectivity index (χ4v) is 1.64. The Kier molecular flexibility index (Phi) is 3.47. The summed E-state index contributed by atoms with van der Waals surface area (Å²) in [5, 5.41) is 16.1. The molecule has 0 saturated heterocycles. The Morgan fingerprint density at radius 3 is 2.94 bits per heavy atom. The smallest absolute Gasteiger partial charge is 0.337 e. The second-order valence-electron chi connectivity index (χ2n) is 3.73. The van der Waals surface area contributed by atoms with Crippen molar-refractivity contribution in [2.24, 2.45) is 7.05 Å². The Morgan fingerprint density at radius 2 is 2.33 bits per heavy atom. The van der Waals surface area contributed by atoms with Crippen LogP contribution in [-0.4, -0.2) is 25.8 Å². The van der Waals surface area contributed by atoms with Crippen molar-refractivity contribution >= 4 is 23.4 Å². The van der Waals surface area contributed by atoms with E-state index in [1.54, 1.807) is 10.9 Å². The molecular formula is C11H11ClN4O2. The third-order valence-electron chi connectivity index (χ3n) is 2.32. The first-order valence-corrected chi connectivity index (χ1v) is 5.54. The zero-order chi connectivity index (χ0) is 13.1. The molecule has 0 unspecified atom stereocenters. The molecule has 0 amide bonds. The predicted octanol–water partition coefficient (Wildman–Crippen LogP) is 1.78. The molecule has 18 heavy (non-hydrogen) atoms. The molecule has 0 atom stereocenters. The van der Waals surface area contributed by atoms with E-state index in [1.807, 2.05) is 13.2 Å². The Balaban J connectivity index is 2.10. The molecule has 94 valence electrons. The van der Waals surface area contributed by atoms with Gasteiger partial charge in [0, 0.05) is 31.5 Å². The fraction of sp³-hybridized carbons (Fsp3) is 0.182. The van der Waals surface area contributed by atoms with E-state index in [-0.39, 0.29) is 10.6 Å². The molecular weight excluding hydrogens is 256 g/mol. The summed E-state index contributed by atoms with van der Waals surface area (Å²) in [5.74, 6) is -0.618. The second-order valence-corrected chi connectivity index (χ2v) is 4.14. The zero-order valence-electron chi connectivity index (χ0n) is 9.59. The lowest BCUT2D eigenvalue weighted by Crippen LogP contribution is -2.04. The average molecular weight is 267 g/mol. The maximum absolute atomic E-state index is 10.9. The van der Waals surface area contributed by atoms with Crippen LogP contribution in [-0.2, 0) is 13.6 Å². The molecule has 2 heterocycles. The molecule has 0 spiro atoms. The molecule has 0 aliphatic carbocycles. The first-order chi connectivity index (χ1) is 8.56. The standard InChI is InChI=1S/C11H11ClN4O2/c1-16-6-7(4-15-16)3-13-10-2-8(11(17)18)9(12)5-14-10/h2,4-6H,3H2,1H3,(H,13,14)(H,17,18). The summed E-state index contributed by atoms with van der Waals surface area (Å²) >= 11 is 5.73. The maximum Gasteiger partial charge on any atom is 0.337 e. The Labute approximate surface area is 108 Å². The number of nitrogens with one attached hydrogen (secondary N) is 1. The summed E-state index contributed by atoms with van der Waals surface area (Å²) in [7, 11) is 1.83. The van der Waals surface area contributed by atoms with Gasteiger partial charge in [-0.2, -0.15) is 5.10 Å². The largest absolute Gasteiger partial charge is 0.478 e. The number of halogens is 1. The summed E-state index contributed by atoms with van der Waals surface area (Å²) in [5.41, 5.74) is 1.01. The van der Waals surface area contributed by atoms with Crippen molar-refractivity contribution in [2.45, 2.75) is 6.54 Å². The lowest BCUT2D eigenvalue weighted by Gasteiger charge is -2.05. The SMILES string of the molecule is Cn1cc(CNc2cc(C(=O)O)c(Cl)cn2)cn1. The molecule has 0 aliphatic rings. The maximum atomic E-state index is 10.9. The Bertz CT molecular complexity index is 582. The van der Waals surface area contributed by atoms with Crippen molar-refractivity contribution in [3.05, 3.63) is 40.8 Å². The quantitative estimate of drug-likeness (QED) is 0.882. The number of anilines is 1. The molecule has 2 aromatic rings. The number of pyridine rings is 1. The van der Waals surface area contributed by atoms with Gasteiger partial charge in [0.1, 0.15) is 5.82 Å². The first kappa shape index (κ1) is 12.4. The number of nitrogens with zero attached hydrogens (tertiary/aromatic N) is 3. The highest BCUT2D eigenvalue weighted by molar-refractivity contribution is 6.33. The van der Waals surface area contributed by atoms with Crippen LogP contribution in [0.25, 0.3) is 0 Å². The minimum absolute atomic E-state index is 0.0281. The molecule has 0 fully saturated rings. The molecule has 0 aliphatic heterocycles. The van der Waals surface area contributed by atoms with E-state index in [0.29, 0.717) is 12.4 Å². The van der Waals surface area contributed by atoms with Gasteiger partial charge in [0.05, 0.1) is 16.8 Å². The van der Waals surface area contributed by atoms with Gasteiger partial charge in [-0.05, 0) is 6.07 Å². The van der Waals surface area contributed by atoms with E-state index in [9.17, 15) is 4.79 Å². The second kappa shape index (κ2) is 5.05. The van der Waals surface area contributed by atoms with Gasteiger partial charge in [0.2, 0.25) is 0 Å². The van der Waals surface area contributed by atoms with Crippen molar-refractivity contribution in [1.29, 1.82) is 0 Å². The van der Waals surface area contributed by atoms with Crippen molar-refractivity contribution in [1.82, 2.24) is 14.8 Å². The molecule has 6 nitrogen and oxygen atoms in total. The van der Waals surface area contributed by atoms with Crippen molar-refractivity contribution in [3.63, 3.8) is 0 Å². The molecule has 2 N–H and O–H groups in total. The van der Waals surface area contributed by atoms with E-state index in [2.05, 4.69) is 15.4 Å². The number of aromatic carboxylic acids is 1. The lowest BCUT2D eigenvalue weighted by molar-refractivity contribution is 0.0697. The van der Waals surface area contributed by atoms with E-state index < -0.39 is 5.97 Å². The van der Waals surface area contributed by atoms with Crippen molar-refractivity contribution in [2.75, 3.05) is 5.32 Å². The predicted molar refractivity (Wildman–Crippen MR) is 66.7 cm³/mol. The van der Waals surface area contributed by atoms with Gasteiger partial charge in [-0.1, -0.05) is 11.6 Å². The average Bonchev–Trinajstić information content (AvgIpc) is 2.74. The van der Waals surface area contributed by atoms with Gasteiger partial charge in [-0.25, -0.2) is 9.78 Å². The minimum Gasteiger partial charge on any atom is -0.478 e. The van der Waals surface area contributed by atoms with Crippen LogP contribution in [0, 0.1) is 0 Å². The number of carbonyl (C=O) groups is 1. The van der Waals surface area contributed by atoms with Gasteiger partial charge >= 0.3 is 5.97 Å². The summed E-state index contributed by atoms with van der Waals surface area (Å²) in [6, 6.07) is 1.40. The Morgan fingerprint density at radius 1 is 1.56 bits per heavy atom. The monoisotopic (exact) mass is 266 g/mol. The van der Waals surface area contributed by atoms with Crippen LogP contribution < -0.4 is 5.32 Å². The molecule has 0 saturated carbocycles. The summed E-state index contributed by atoms with van der Waals surface area (Å²) in [6.45, 7) is 0.515. The summed E-state index contributed by atoms with van der Waals surface area (Å²) < 4.78 is 1.69. The third kappa shape index (κ3) is 2.78. The molecule has 2 rings (SSSR count). The topological polar surface area (TPSA) is 80.0 Å². The van der Waals surface area contributed by atoms with Gasteiger partial charge in [0.25, 0.3) is 0 Å². The first-order valence-electron chi connectivity index (χ1n) is 5.16. The molecule has 0 aromatic carbocycles. The van der Waals surface area contributed by atoms with Crippen LogP contribution in [0.1, 0.15) is 15.9 Å². The summed E-state index contributed by atoms with van der Waals surface area (Å²) in [4.78, 5) is 14.9. The fourth-order valence-electron chi connectivity index (χ4n) is 1.46. The minimum atomic E-state index is -1.08. The summed E-state index contributed by atoms with van der Waals surface area (Å²) in [6.07, 6.45) is 4.90. The highest BCUT2D eigenvalue weighted by Crippen LogP contribution is 2.18. The highest BCUT2D eigenvalue weighted by Gasteiger charge is 2.10. The number of hydrogen-bond donors (Lipinski definition) is 2. The molecule has 0 bridgehead atoms. The van der Waals surface area contributed by atoms with E-state index in [4.69, 9.17) is 16.7 Å². The molecule has 0 radical (unpaired) electrons. The van der Waals surface area contributed by atoms with Crippen LogP contribution in [0.5, 0.6) is 0 Å². The number of carboxylic acids is 1. The van der Waals surface area contributed by atoms with E-state index in [1.165, 1.54) is 12.3 Å². The van der Waals surface area contributed by atoms with Gasteiger partial charge in [-0.15, -0.1) is 0 Å². The number of rotatable bonds is 4. The van der Waals surface area contributed by atoms with Gasteiger partial charge in [-0.3, -0.25) is 4.68 Å². The van der Waals surface area contributed by atoms with E-state index in [0.717, 1.165) is 5.56 Å². The normalized spacial score (nSPS) is 10.3. The van der Waals surface area contributed by atoms with Crippen LogP contribution in [0.15, 0.2) is 24.7 Å². The lowest BCUT2D eigenvalue weighted by atomic mass is 10.2. The highest BCUT2D eigenvalue weighted by atomic mass is 35.5. The number of aryl methyl sites for hydroxylation is 1. The van der Waals surface area contributed by atoms with Gasteiger partial charge in [0.15, 0.2) is 0 Å². The van der Waals surface area contributed by atoms with Crippen LogP contribution in [0.3, 0.4) is 0 Å². The van der Waals surface area contributed by atoms with Gasteiger partial charge < -0.3 is 10.4 Å². The van der Waals surface area contributed by atoms with Crippen LogP contribution >= 0.6 is 11.6 Å². The number of hydrogen-bond acceptors (Lipinski definition) is 4. The van der Waals surface area contributed by atoms with Crippen LogP contribution in [0.2, 0.25) is 5.02 Å². The van der Waals surface area contributed by atoms with Crippen molar-refractivity contribution in [3.8, 4) is 0 Å². The van der Waals surface area contributed by atoms with Crippen LogP contribution in [0.4, 0.5) is 5.82 Å². The number of carboxylic acid groups (broad SMARTS) is 1. The Hall–Kier alpha value is -2.08. The zero-order valence-corrected chi connectivity index (χ0v) is 10.3. The third-order valence-corrected chi connectivity index (χ3v) is 2.62. The van der Waals surface area contributed by atoms with Crippen molar-refractivity contribution < 1.29 is 9.90 Å². The number of aromatic nitrogens is 3. The van der Waals surface area contributed by atoms with E-state index >= 15 is 0 Å². The molecule has 7 heteroatoms.